The summed E-state index contributed by atoms with van der Waals surface area (Å²) in [4.78, 5) is 18.0. The molecule has 0 aliphatic carbocycles. The summed E-state index contributed by atoms with van der Waals surface area (Å²) >= 11 is 0.684. The molecule has 0 fully saturated rings. The van der Waals surface area contributed by atoms with Crippen molar-refractivity contribution in [3.63, 3.8) is 0 Å². The normalized spacial score (nSPS) is 12.5. The highest BCUT2D eigenvalue weighted by Crippen LogP contribution is 2.15. The van der Waals surface area contributed by atoms with Crippen molar-refractivity contribution in [2.75, 3.05) is 12.3 Å². The number of aliphatic carboxylic acids is 1. The molecule has 0 saturated heterocycles. The molecule has 0 aliphatic heterocycles. The number of rotatable bonds is 4. The molecule has 11 heteroatoms. The first-order valence-corrected chi connectivity index (χ1v) is 4.66. The number of anilines is 1. The largest absolute Gasteiger partial charge is 0.476 e. The van der Waals surface area contributed by atoms with E-state index in [1.807, 2.05) is 0 Å². The maximum absolute atomic E-state index is 11.7. The van der Waals surface area contributed by atoms with E-state index in [2.05, 4.69) is 19.4 Å². The minimum absolute atomic E-state index is 0.0372. The van der Waals surface area contributed by atoms with Crippen LogP contribution in [-0.4, -0.2) is 38.9 Å². The zero-order valence-corrected chi connectivity index (χ0v) is 8.75. The first-order chi connectivity index (χ1) is 7.79. The van der Waals surface area contributed by atoms with Gasteiger partial charge in [-0.1, -0.05) is 5.16 Å². The number of carboxylic acid groups (broad SMARTS) is 1. The molecule has 1 aromatic heterocycles. The lowest BCUT2D eigenvalue weighted by atomic mass is 10.4. The Labute approximate surface area is 95.9 Å². The van der Waals surface area contributed by atoms with Crippen LogP contribution in [0.15, 0.2) is 5.16 Å². The summed E-state index contributed by atoms with van der Waals surface area (Å²) in [5.74, 6) is -2.02. The van der Waals surface area contributed by atoms with Gasteiger partial charge in [-0.25, -0.2) is 4.79 Å². The number of nitrogen functional groups attached to an aromatic ring is 1. The van der Waals surface area contributed by atoms with Crippen molar-refractivity contribution in [1.82, 2.24) is 9.36 Å². The molecular formula is C6H5F3N4O3S. The second kappa shape index (κ2) is 4.95. The van der Waals surface area contributed by atoms with E-state index in [1.165, 1.54) is 0 Å². The number of alkyl halides is 3. The molecule has 17 heavy (non-hydrogen) atoms. The Bertz CT molecular complexity index is 444. The van der Waals surface area contributed by atoms with E-state index in [9.17, 15) is 18.0 Å². The van der Waals surface area contributed by atoms with E-state index >= 15 is 0 Å². The molecule has 0 aliphatic rings. The maximum Gasteiger partial charge on any atom is 0.425 e. The minimum Gasteiger partial charge on any atom is -0.476 e. The molecule has 0 aromatic carbocycles. The summed E-state index contributed by atoms with van der Waals surface area (Å²) in [7, 11) is 0. The monoisotopic (exact) mass is 270 g/mol. The lowest BCUT2D eigenvalue weighted by molar-refractivity contribution is -0.174. The van der Waals surface area contributed by atoms with Gasteiger partial charge in [-0.2, -0.15) is 22.5 Å². The van der Waals surface area contributed by atoms with Crippen LogP contribution in [0.25, 0.3) is 0 Å². The van der Waals surface area contributed by atoms with Gasteiger partial charge >= 0.3 is 12.1 Å². The predicted molar refractivity (Wildman–Crippen MR) is 50.5 cm³/mol. The van der Waals surface area contributed by atoms with Crippen LogP contribution >= 0.6 is 11.5 Å². The summed E-state index contributed by atoms with van der Waals surface area (Å²) in [5, 5.41) is 11.4. The van der Waals surface area contributed by atoms with Gasteiger partial charge in [-0.05, 0) is 0 Å². The molecule has 0 bridgehead atoms. The van der Waals surface area contributed by atoms with Gasteiger partial charge < -0.3 is 15.7 Å². The van der Waals surface area contributed by atoms with E-state index in [-0.39, 0.29) is 5.13 Å². The van der Waals surface area contributed by atoms with Gasteiger partial charge in [-0.15, -0.1) is 0 Å². The van der Waals surface area contributed by atoms with E-state index in [0.29, 0.717) is 11.5 Å². The molecule has 1 aromatic rings. The standard InChI is InChI=1S/C6H5F3N4O3S/c7-6(8,9)1-16-12-2(4(14)15)3-11-5(10)17-13-3/h1H2,(H,14,15)(H2,10,11,13)/b12-2+. The third kappa shape index (κ3) is 4.22. The quantitative estimate of drug-likeness (QED) is 0.608. The fourth-order valence-electron chi connectivity index (χ4n) is 0.677. The first-order valence-electron chi connectivity index (χ1n) is 3.89. The van der Waals surface area contributed by atoms with Crippen LogP contribution in [0.3, 0.4) is 0 Å². The van der Waals surface area contributed by atoms with E-state index < -0.39 is 30.3 Å². The molecule has 0 unspecified atom stereocenters. The van der Waals surface area contributed by atoms with Crippen LogP contribution < -0.4 is 5.73 Å². The van der Waals surface area contributed by atoms with E-state index in [1.54, 1.807) is 0 Å². The minimum atomic E-state index is -4.61. The third-order valence-electron chi connectivity index (χ3n) is 1.24. The van der Waals surface area contributed by atoms with Crippen molar-refractivity contribution >= 4 is 28.3 Å². The average Bonchev–Trinajstić information content (AvgIpc) is 2.57. The molecule has 94 valence electrons. The third-order valence-corrected chi connectivity index (χ3v) is 1.78. The summed E-state index contributed by atoms with van der Waals surface area (Å²) in [6.07, 6.45) is -4.61. The van der Waals surface area contributed by atoms with E-state index in [0.717, 1.165) is 0 Å². The molecule has 7 nitrogen and oxygen atoms in total. The summed E-state index contributed by atoms with van der Waals surface area (Å²) in [6, 6.07) is 0. The van der Waals surface area contributed by atoms with Gasteiger partial charge in [0.15, 0.2) is 5.13 Å². The Morgan fingerprint density at radius 1 is 1.59 bits per heavy atom. The Balaban J connectivity index is 2.80. The molecular weight excluding hydrogens is 265 g/mol. The molecule has 1 rings (SSSR count). The lowest BCUT2D eigenvalue weighted by Crippen LogP contribution is -2.20. The maximum atomic E-state index is 11.7. The van der Waals surface area contributed by atoms with Crippen molar-refractivity contribution in [2.45, 2.75) is 6.18 Å². The molecule has 0 amide bonds. The Hall–Kier alpha value is -1.91. The molecule has 0 saturated carbocycles. The summed E-state index contributed by atoms with van der Waals surface area (Å²) in [6.45, 7) is -1.70. The smallest absolute Gasteiger partial charge is 0.425 e. The van der Waals surface area contributed by atoms with Crippen molar-refractivity contribution in [1.29, 1.82) is 0 Å². The van der Waals surface area contributed by atoms with Crippen LogP contribution in [0.5, 0.6) is 0 Å². The van der Waals surface area contributed by atoms with Gasteiger partial charge in [0.1, 0.15) is 0 Å². The van der Waals surface area contributed by atoms with Crippen LogP contribution in [0, 0.1) is 0 Å². The number of nitrogens with zero attached hydrogens (tertiary/aromatic N) is 3. The van der Waals surface area contributed by atoms with Crippen LogP contribution in [0.2, 0.25) is 0 Å². The van der Waals surface area contributed by atoms with Crippen molar-refractivity contribution < 1.29 is 27.9 Å². The van der Waals surface area contributed by atoms with Crippen LogP contribution in [0.1, 0.15) is 5.82 Å². The number of aromatic nitrogens is 2. The molecule has 0 spiro atoms. The number of hydrogen-bond acceptors (Lipinski definition) is 7. The fraction of sp³-hybridized carbons (Fsp3) is 0.333. The topological polar surface area (TPSA) is 111 Å². The Morgan fingerprint density at radius 3 is 2.65 bits per heavy atom. The molecule has 0 atom stereocenters. The van der Waals surface area contributed by atoms with Gasteiger partial charge in [0, 0.05) is 11.5 Å². The van der Waals surface area contributed by atoms with Gasteiger partial charge in [0.25, 0.3) is 0 Å². The van der Waals surface area contributed by atoms with Gasteiger partial charge in [0.05, 0.1) is 0 Å². The zero-order chi connectivity index (χ0) is 13.1. The van der Waals surface area contributed by atoms with Crippen molar-refractivity contribution in [2.24, 2.45) is 5.16 Å². The van der Waals surface area contributed by atoms with Gasteiger partial charge in [0.2, 0.25) is 18.1 Å². The lowest BCUT2D eigenvalue weighted by Gasteiger charge is -2.03. The molecule has 0 radical (unpaired) electrons. The second-order valence-electron chi connectivity index (χ2n) is 2.59. The Kier molecular flexibility index (Phi) is 3.83. The highest BCUT2D eigenvalue weighted by molar-refractivity contribution is 7.09. The SMILES string of the molecule is Nc1nc(/C(=N\OCC(F)(F)F)C(=O)O)ns1. The van der Waals surface area contributed by atoms with Crippen LogP contribution in [0.4, 0.5) is 18.3 Å². The number of halogens is 3. The summed E-state index contributed by atoms with van der Waals surface area (Å²) in [5.41, 5.74) is 4.35. The number of carbonyl (C=O) groups is 1. The highest BCUT2D eigenvalue weighted by atomic mass is 32.1. The van der Waals surface area contributed by atoms with E-state index in [4.69, 9.17) is 10.8 Å². The number of nitrogens with two attached hydrogens (primary N) is 1. The number of carboxylic acids is 1. The zero-order valence-electron chi connectivity index (χ0n) is 7.93. The Morgan fingerprint density at radius 2 is 2.24 bits per heavy atom. The second-order valence-corrected chi connectivity index (χ2v) is 3.37. The first kappa shape index (κ1) is 13.2. The number of oxime groups is 1. The van der Waals surface area contributed by atoms with Crippen molar-refractivity contribution in [3.8, 4) is 0 Å². The summed E-state index contributed by atoms with van der Waals surface area (Å²) < 4.78 is 38.7. The number of hydrogen-bond donors (Lipinski definition) is 2. The average molecular weight is 270 g/mol. The van der Waals surface area contributed by atoms with Gasteiger partial charge in [-0.3, -0.25) is 0 Å². The molecule has 3 N–H and O–H groups in total. The predicted octanol–water partition coefficient (Wildman–Crippen LogP) is 0.488. The fourth-order valence-corrected chi connectivity index (χ4v) is 1.11. The van der Waals surface area contributed by atoms with Crippen molar-refractivity contribution in [3.05, 3.63) is 5.82 Å². The van der Waals surface area contributed by atoms with Crippen LogP contribution in [-0.2, 0) is 9.63 Å². The highest BCUT2D eigenvalue weighted by Gasteiger charge is 2.29. The molecule has 1 heterocycles.